The van der Waals surface area contributed by atoms with Crippen molar-refractivity contribution in [3.63, 3.8) is 0 Å². The van der Waals surface area contributed by atoms with Crippen LogP contribution in [0.2, 0.25) is 34.8 Å². The van der Waals surface area contributed by atoms with Gasteiger partial charge in [-0.25, -0.2) is 9.59 Å². The topological polar surface area (TPSA) is 209 Å². The third-order valence-electron chi connectivity index (χ3n) is 19.3. The number of allylic oxidation sites excluding steroid dienone is 2. The number of amides is 1. The Kier molecular flexibility index (Phi) is 19.5. The van der Waals surface area contributed by atoms with Crippen molar-refractivity contribution in [1.29, 1.82) is 0 Å². The van der Waals surface area contributed by atoms with Gasteiger partial charge in [0, 0.05) is 31.2 Å². The van der Waals surface area contributed by atoms with E-state index in [0.717, 1.165) is 5.57 Å². The first kappa shape index (κ1) is 64.5. The first-order valence-corrected chi connectivity index (χ1v) is 34.2. The van der Waals surface area contributed by atoms with Crippen LogP contribution < -0.4 is 5.32 Å². The number of aliphatic hydroxyl groups is 1. The monoisotopic (exact) mass is 1170 g/mol. The molecule has 3 aliphatic carbocycles. The Hall–Kier alpha value is -5.09. The molecule has 0 radical (unpaired) electrons. The highest BCUT2D eigenvalue weighted by atomic mass is 28.4. The highest BCUT2D eigenvalue weighted by Gasteiger charge is 2.80. The van der Waals surface area contributed by atoms with E-state index < -0.39 is 129 Å². The Bertz CT molecular complexity index is 2790. The fourth-order valence-electron chi connectivity index (χ4n) is 15.0. The Morgan fingerprint density at radius 3 is 1.96 bits per heavy atom. The number of hydrogen-bond acceptors (Lipinski definition) is 15. The van der Waals surface area contributed by atoms with Crippen LogP contribution in [0.5, 0.6) is 0 Å². The highest BCUT2D eigenvalue weighted by molar-refractivity contribution is 6.77. The fraction of sp³-hybridized carbons (Fsp3) is 0.625. The van der Waals surface area contributed by atoms with Gasteiger partial charge in [0.05, 0.1) is 42.3 Å². The van der Waals surface area contributed by atoms with Crippen molar-refractivity contribution in [2.24, 2.45) is 16.7 Å². The summed E-state index contributed by atoms with van der Waals surface area (Å²) < 4.78 is 55.4. The second-order valence-electron chi connectivity index (χ2n) is 25.3. The summed E-state index contributed by atoms with van der Waals surface area (Å²) in [6.07, 6.45) is -4.83. The molecule has 12 atom stereocenters. The van der Waals surface area contributed by atoms with Crippen LogP contribution >= 0.6 is 0 Å². The number of ketones is 1. The SMILES string of the molecule is CC[Si](CC)(CC)O[C@H]1C[C@H]2OC[C@@]2(OC(C)=O)[C@H]2[C@H](OC(=O)c3ccccc3)[C@]3(O)[C@H]4OC/C=C/Cc5ccccc5C(=O)N[C@@H](C=C(C)C)[C@@H](O[Si](C(C)C)(C(C)C)C(C)C)C(=O)O[C@@H]4C(C)=C([C@@H](OC(C)=O)C(=O)[C@]12C)C3(C)C. The lowest BCUT2D eigenvalue weighted by Crippen LogP contribution is -2.84. The maximum absolute atomic E-state index is 16.9. The van der Waals surface area contributed by atoms with E-state index in [1.165, 1.54) is 13.8 Å². The first-order valence-electron chi connectivity index (χ1n) is 29.6. The van der Waals surface area contributed by atoms with Gasteiger partial charge < -0.3 is 47.7 Å². The third kappa shape index (κ3) is 11.2. The van der Waals surface area contributed by atoms with E-state index >= 15 is 19.5 Å². The normalized spacial score (nSPS) is 31.7. The summed E-state index contributed by atoms with van der Waals surface area (Å²) >= 11 is 0. The zero-order valence-corrected chi connectivity index (χ0v) is 53.5. The van der Waals surface area contributed by atoms with Crippen LogP contribution in [0.25, 0.3) is 0 Å². The number of hydrogen-bond donors (Lipinski definition) is 2. The summed E-state index contributed by atoms with van der Waals surface area (Å²) in [5, 5.41) is 18.3. The molecule has 2 aromatic carbocycles. The molecule has 5 aliphatic rings. The predicted molar refractivity (Wildman–Crippen MR) is 316 cm³/mol. The predicted octanol–water partition coefficient (Wildman–Crippen LogP) is 10.7. The standard InChI is InChI=1S/C64H91NO15Si2/c1-18-81(19-2,20-3)79-48-35-49-63(36-74-49,78-43(14)67)54-57(77-59(70)45-30-22-21-23-31-45)64(72)56-51(41(12)50(61(64,15)16)53(75-42(13)66)55(68)62(48,54)17)76-60(71)52(80-82(38(6)7,39(8)9)40(10)11)47(34-37(4)5)65-58(69)46-32-25-24-28-44(46)29-26-27-33-73-56/h21-28,30-32,34,38-40,47-49,51-54,56-57,72H,18-20,29,33,35-36H2,1-17H3,(H,65,69)/b27-26+/t47-,48-,49+,51+,52+,53+,54-,56-,57-,62+,63-,64+/m0/s1. The average molecular weight is 1170 g/mol. The maximum Gasteiger partial charge on any atom is 0.338 e. The van der Waals surface area contributed by atoms with E-state index in [9.17, 15) is 14.4 Å². The van der Waals surface area contributed by atoms with E-state index in [0.29, 0.717) is 29.3 Å². The molecule has 7 rings (SSSR count). The molecule has 0 unspecified atom stereocenters. The van der Waals surface area contributed by atoms with E-state index in [-0.39, 0.29) is 59.4 Å². The minimum absolute atomic E-state index is 0.0497. The molecule has 2 bridgehead atoms. The van der Waals surface area contributed by atoms with Crippen LogP contribution in [0.1, 0.15) is 150 Å². The Labute approximate surface area is 488 Å². The van der Waals surface area contributed by atoms with Gasteiger partial charge in [0.1, 0.15) is 23.9 Å². The van der Waals surface area contributed by atoms with Crippen molar-refractivity contribution in [2.75, 3.05) is 13.2 Å². The smallest absolute Gasteiger partial charge is 0.338 e. The molecule has 0 spiro atoms. The second kappa shape index (κ2) is 24.9. The van der Waals surface area contributed by atoms with Gasteiger partial charge in [0.25, 0.3) is 5.91 Å². The highest BCUT2D eigenvalue weighted by Crippen LogP contribution is 2.66. The number of carbonyl (C=O) groups excluding carboxylic acids is 6. The van der Waals surface area contributed by atoms with Crippen molar-refractivity contribution < 1.29 is 71.1 Å². The summed E-state index contributed by atoms with van der Waals surface area (Å²) in [5.74, 6) is -5.99. The summed E-state index contributed by atoms with van der Waals surface area (Å²) in [5.41, 5.74) is -6.01. The van der Waals surface area contributed by atoms with Crippen LogP contribution in [-0.4, -0.2) is 130 Å². The van der Waals surface area contributed by atoms with Gasteiger partial charge in [-0.05, 0) is 104 Å². The van der Waals surface area contributed by atoms with Gasteiger partial charge in [-0.3, -0.25) is 19.2 Å². The van der Waals surface area contributed by atoms with E-state index in [1.54, 1.807) is 82.3 Å². The third-order valence-corrected chi connectivity index (χ3v) is 30.0. The van der Waals surface area contributed by atoms with Gasteiger partial charge in [-0.2, -0.15) is 0 Å². The van der Waals surface area contributed by atoms with E-state index in [2.05, 4.69) is 67.6 Å². The maximum atomic E-state index is 16.9. The first-order chi connectivity index (χ1) is 38.5. The number of ether oxygens (including phenoxy) is 6. The molecule has 2 aliphatic heterocycles. The number of Topliss-reactive ketones (excluding diaryl/α,β-unsaturated/α-hetero) is 1. The molecule has 82 heavy (non-hydrogen) atoms. The van der Waals surface area contributed by atoms with Gasteiger partial charge >= 0.3 is 23.9 Å². The van der Waals surface area contributed by atoms with Gasteiger partial charge in [0.15, 0.2) is 38.0 Å². The lowest BCUT2D eigenvalue weighted by atomic mass is 9.44. The molecule has 18 heteroatoms. The number of rotatable bonds is 15. The summed E-state index contributed by atoms with van der Waals surface area (Å²) in [4.78, 5) is 91.0. The van der Waals surface area contributed by atoms with Crippen molar-refractivity contribution >= 4 is 52.2 Å². The van der Waals surface area contributed by atoms with Crippen LogP contribution in [0.4, 0.5) is 0 Å². The molecule has 16 nitrogen and oxygen atoms in total. The number of carbonyl (C=O) groups is 6. The molecule has 2 aromatic rings. The lowest BCUT2D eigenvalue weighted by molar-refractivity contribution is -0.352. The molecular formula is C64H91NO15Si2. The van der Waals surface area contributed by atoms with Crippen LogP contribution in [0.3, 0.4) is 0 Å². The van der Waals surface area contributed by atoms with Crippen molar-refractivity contribution in [3.05, 3.63) is 106 Å². The van der Waals surface area contributed by atoms with Crippen molar-refractivity contribution in [2.45, 2.75) is 225 Å². The Balaban J connectivity index is 1.63. The number of fused-ring (bicyclic) bond motifs is 8. The molecule has 1 saturated heterocycles. The summed E-state index contributed by atoms with van der Waals surface area (Å²) in [7, 11) is -5.81. The number of esters is 4. The van der Waals surface area contributed by atoms with E-state index in [4.69, 9.17) is 37.3 Å². The van der Waals surface area contributed by atoms with Gasteiger partial charge in [-0.15, -0.1) is 0 Å². The largest absolute Gasteiger partial charge is 0.455 e. The molecule has 2 saturated carbocycles. The molecule has 2 heterocycles. The average Bonchev–Trinajstić information content (AvgIpc) is 0.961. The minimum atomic E-state index is -3.09. The van der Waals surface area contributed by atoms with Gasteiger partial charge in [-0.1, -0.05) is 136 Å². The molecule has 450 valence electrons. The Morgan fingerprint density at radius 2 is 1.41 bits per heavy atom. The molecule has 1 amide bonds. The number of benzene rings is 2. The zero-order valence-electron chi connectivity index (χ0n) is 51.5. The Morgan fingerprint density at radius 1 is 0.805 bits per heavy atom. The van der Waals surface area contributed by atoms with Crippen LogP contribution in [-0.2, 0) is 62.9 Å². The zero-order chi connectivity index (χ0) is 60.7. The summed E-state index contributed by atoms with van der Waals surface area (Å²) in [6, 6.07) is 16.3. The van der Waals surface area contributed by atoms with Crippen molar-refractivity contribution in [1.82, 2.24) is 5.32 Å². The summed E-state index contributed by atoms with van der Waals surface area (Å²) in [6.45, 7) is 31.0. The fourth-order valence-corrected chi connectivity index (χ4v) is 23.5. The van der Waals surface area contributed by atoms with Crippen LogP contribution in [0, 0.1) is 16.7 Å². The second-order valence-corrected chi connectivity index (χ2v) is 35.5. The lowest BCUT2D eigenvalue weighted by Gasteiger charge is -2.69. The minimum Gasteiger partial charge on any atom is -0.455 e. The van der Waals surface area contributed by atoms with Gasteiger partial charge in [0.2, 0.25) is 8.32 Å². The number of nitrogens with one attached hydrogen (secondary N) is 1. The molecule has 2 N–H and O–H groups in total. The molecule has 0 aromatic heterocycles. The quantitative estimate of drug-likeness (QED) is 0.0736. The molecule has 3 fully saturated rings. The molecular weight excluding hydrogens is 1080 g/mol. The van der Waals surface area contributed by atoms with Crippen molar-refractivity contribution in [3.8, 4) is 0 Å². The van der Waals surface area contributed by atoms with E-state index in [1.807, 2.05) is 32.1 Å². The van der Waals surface area contributed by atoms with Crippen LogP contribution in [0.15, 0.2) is 89.5 Å².